The maximum Gasteiger partial charge on any atom is 0.274 e. The highest BCUT2D eigenvalue weighted by Gasteiger charge is 2.36. The molecule has 2 aliphatic rings. The average molecular weight is 379 g/mol. The van der Waals surface area contributed by atoms with Gasteiger partial charge in [-0.1, -0.05) is 12.5 Å². The molecule has 1 aliphatic heterocycles. The smallest absolute Gasteiger partial charge is 0.274 e. The van der Waals surface area contributed by atoms with Crippen molar-refractivity contribution in [2.24, 2.45) is 5.92 Å². The number of piperidine rings is 1. The highest BCUT2D eigenvalue weighted by molar-refractivity contribution is 5.92. The predicted molar refractivity (Wildman–Crippen MR) is 103 cm³/mol. The molecule has 7 nitrogen and oxygen atoms in total. The van der Waals surface area contributed by atoms with Crippen molar-refractivity contribution in [3.63, 3.8) is 0 Å². The number of pyridine rings is 1. The first kappa shape index (κ1) is 18.5. The van der Waals surface area contributed by atoms with Crippen LogP contribution in [0.5, 0.6) is 0 Å². The lowest BCUT2D eigenvalue weighted by Crippen LogP contribution is -2.53. The van der Waals surface area contributed by atoms with Crippen LogP contribution in [0.3, 0.4) is 0 Å². The summed E-state index contributed by atoms with van der Waals surface area (Å²) in [5.74, 6) is 0.229. The highest BCUT2D eigenvalue weighted by Crippen LogP contribution is 2.31. The second-order valence-electron chi connectivity index (χ2n) is 7.59. The quantitative estimate of drug-likeness (QED) is 0.796. The van der Waals surface area contributed by atoms with Gasteiger partial charge in [-0.2, -0.15) is 0 Å². The van der Waals surface area contributed by atoms with Crippen molar-refractivity contribution >= 4 is 11.8 Å². The number of rotatable bonds is 5. The molecular formula is C21H25N5O2. The zero-order valence-electron chi connectivity index (χ0n) is 15.9. The van der Waals surface area contributed by atoms with Crippen LogP contribution in [0.15, 0.2) is 43.1 Å². The van der Waals surface area contributed by atoms with Crippen LogP contribution in [-0.4, -0.2) is 55.7 Å². The monoisotopic (exact) mass is 379 g/mol. The van der Waals surface area contributed by atoms with Gasteiger partial charge in [0, 0.05) is 56.4 Å². The van der Waals surface area contributed by atoms with Crippen molar-refractivity contribution in [2.45, 2.75) is 44.7 Å². The Bertz CT molecular complexity index is 810. The summed E-state index contributed by atoms with van der Waals surface area (Å²) >= 11 is 0. The summed E-state index contributed by atoms with van der Waals surface area (Å²) in [5.41, 5.74) is 1.37. The van der Waals surface area contributed by atoms with E-state index in [1.54, 1.807) is 12.4 Å². The first-order valence-electron chi connectivity index (χ1n) is 9.97. The molecule has 1 atom stereocenters. The summed E-state index contributed by atoms with van der Waals surface area (Å²) < 4.78 is 0. The van der Waals surface area contributed by atoms with Crippen molar-refractivity contribution in [3.8, 4) is 0 Å². The van der Waals surface area contributed by atoms with E-state index >= 15 is 0 Å². The number of nitrogens with zero attached hydrogens (tertiary/aromatic N) is 5. The molecule has 0 radical (unpaired) electrons. The Morgan fingerprint density at radius 2 is 1.93 bits per heavy atom. The van der Waals surface area contributed by atoms with E-state index in [0.29, 0.717) is 25.3 Å². The summed E-state index contributed by atoms with van der Waals surface area (Å²) in [5, 5.41) is 0. The lowest BCUT2D eigenvalue weighted by Gasteiger charge is -2.42. The molecule has 1 saturated carbocycles. The van der Waals surface area contributed by atoms with E-state index in [0.717, 1.165) is 37.7 Å². The van der Waals surface area contributed by atoms with Crippen molar-refractivity contribution in [1.29, 1.82) is 0 Å². The van der Waals surface area contributed by atoms with Gasteiger partial charge >= 0.3 is 0 Å². The Balaban J connectivity index is 1.51. The zero-order valence-corrected chi connectivity index (χ0v) is 15.9. The van der Waals surface area contributed by atoms with Gasteiger partial charge in [0.25, 0.3) is 5.91 Å². The molecule has 0 spiro atoms. The lowest BCUT2D eigenvalue weighted by atomic mass is 9.83. The summed E-state index contributed by atoms with van der Waals surface area (Å²) in [7, 11) is 0. The summed E-state index contributed by atoms with van der Waals surface area (Å²) in [6.45, 7) is 1.76. The van der Waals surface area contributed by atoms with Crippen LogP contribution in [0.2, 0.25) is 0 Å². The third kappa shape index (κ3) is 4.03. The van der Waals surface area contributed by atoms with E-state index in [-0.39, 0.29) is 23.8 Å². The molecule has 0 aromatic carbocycles. The molecular weight excluding hydrogens is 354 g/mol. The minimum atomic E-state index is -0.116. The highest BCUT2D eigenvalue weighted by atomic mass is 16.2. The van der Waals surface area contributed by atoms with Gasteiger partial charge in [-0.3, -0.25) is 19.6 Å². The standard InChI is InChI=1S/C21H25N5O2/c27-20(17-5-1-6-17)26(14-16-4-2-8-22-12-16)18-7-3-11-25(15-18)21(28)19-13-23-9-10-24-19/h2,4,8-10,12-13,17-18H,1,3,5-7,11,14-15H2. The van der Waals surface area contributed by atoms with Crippen LogP contribution in [0.4, 0.5) is 0 Å². The Morgan fingerprint density at radius 3 is 2.61 bits per heavy atom. The molecule has 1 unspecified atom stereocenters. The van der Waals surface area contributed by atoms with E-state index in [1.807, 2.05) is 28.1 Å². The number of aromatic nitrogens is 3. The molecule has 3 heterocycles. The number of carbonyl (C=O) groups excluding carboxylic acids is 2. The van der Waals surface area contributed by atoms with Gasteiger partial charge in [0.1, 0.15) is 5.69 Å². The minimum Gasteiger partial charge on any atom is -0.335 e. The second-order valence-corrected chi connectivity index (χ2v) is 7.59. The van der Waals surface area contributed by atoms with Crippen molar-refractivity contribution in [2.75, 3.05) is 13.1 Å². The number of likely N-dealkylation sites (tertiary alicyclic amines) is 1. The Labute approximate surface area is 164 Å². The summed E-state index contributed by atoms with van der Waals surface area (Å²) in [6, 6.07) is 3.91. The molecule has 2 amide bonds. The Morgan fingerprint density at radius 1 is 1.07 bits per heavy atom. The van der Waals surface area contributed by atoms with Crippen molar-refractivity contribution < 1.29 is 9.59 Å². The van der Waals surface area contributed by atoms with Gasteiger partial charge in [0.2, 0.25) is 5.91 Å². The van der Waals surface area contributed by atoms with Crippen molar-refractivity contribution in [1.82, 2.24) is 24.8 Å². The maximum atomic E-state index is 13.2. The second kappa shape index (κ2) is 8.46. The van der Waals surface area contributed by atoms with E-state index in [2.05, 4.69) is 15.0 Å². The van der Waals surface area contributed by atoms with Crippen LogP contribution in [0.25, 0.3) is 0 Å². The van der Waals surface area contributed by atoms with E-state index in [9.17, 15) is 9.59 Å². The van der Waals surface area contributed by atoms with E-state index < -0.39 is 0 Å². The first-order valence-corrected chi connectivity index (χ1v) is 9.97. The Hall–Kier alpha value is -2.83. The maximum absolute atomic E-state index is 13.2. The molecule has 7 heteroatoms. The van der Waals surface area contributed by atoms with E-state index in [1.165, 1.54) is 12.4 Å². The lowest BCUT2D eigenvalue weighted by molar-refractivity contribution is -0.142. The number of carbonyl (C=O) groups is 2. The van der Waals surface area contributed by atoms with Crippen molar-refractivity contribution in [3.05, 3.63) is 54.4 Å². The summed E-state index contributed by atoms with van der Waals surface area (Å²) in [6.07, 6.45) is 13.0. The number of hydrogen-bond acceptors (Lipinski definition) is 5. The van der Waals surface area contributed by atoms with Crippen LogP contribution < -0.4 is 0 Å². The first-order chi connectivity index (χ1) is 13.7. The number of hydrogen-bond donors (Lipinski definition) is 0. The minimum absolute atomic E-state index is 0.0164. The van der Waals surface area contributed by atoms with Gasteiger partial charge in [-0.25, -0.2) is 4.98 Å². The molecule has 2 aromatic heterocycles. The van der Waals surface area contributed by atoms with Crippen LogP contribution in [0, 0.1) is 5.92 Å². The topological polar surface area (TPSA) is 79.3 Å². The fourth-order valence-electron chi connectivity index (χ4n) is 3.93. The van der Waals surface area contributed by atoms with Gasteiger partial charge in [-0.15, -0.1) is 0 Å². The van der Waals surface area contributed by atoms with Crippen LogP contribution >= 0.6 is 0 Å². The molecule has 28 heavy (non-hydrogen) atoms. The third-order valence-corrected chi connectivity index (χ3v) is 5.72. The SMILES string of the molecule is O=C(c1cnccn1)N1CCCC(N(Cc2cccnc2)C(=O)C2CCC2)C1. The molecule has 146 valence electrons. The fraction of sp³-hybridized carbons (Fsp3) is 0.476. The summed E-state index contributed by atoms with van der Waals surface area (Å²) in [4.78, 5) is 42.1. The van der Waals surface area contributed by atoms with Gasteiger partial charge in [-0.05, 0) is 37.3 Å². The Kier molecular flexibility index (Phi) is 5.60. The molecule has 2 fully saturated rings. The van der Waals surface area contributed by atoms with Gasteiger partial charge < -0.3 is 9.80 Å². The average Bonchev–Trinajstić information content (AvgIpc) is 2.71. The van der Waals surface area contributed by atoms with Gasteiger partial charge in [0.15, 0.2) is 0 Å². The van der Waals surface area contributed by atoms with Crippen LogP contribution in [-0.2, 0) is 11.3 Å². The molecule has 0 N–H and O–H groups in total. The van der Waals surface area contributed by atoms with Gasteiger partial charge in [0.05, 0.1) is 6.20 Å². The molecule has 1 aliphatic carbocycles. The number of amides is 2. The van der Waals surface area contributed by atoms with Crippen LogP contribution in [0.1, 0.15) is 48.2 Å². The molecule has 2 aromatic rings. The predicted octanol–water partition coefficient (Wildman–Crippen LogP) is 2.31. The molecule has 0 bridgehead atoms. The third-order valence-electron chi connectivity index (χ3n) is 5.72. The molecule has 1 saturated heterocycles. The largest absolute Gasteiger partial charge is 0.335 e. The zero-order chi connectivity index (χ0) is 19.3. The molecule has 4 rings (SSSR count). The normalized spacial score (nSPS) is 19.7. The fourth-order valence-corrected chi connectivity index (χ4v) is 3.93. The van der Waals surface area contributed by atoms with E-state index in [4.69, 9.17) is 0 Å².